The minimum atomic E-state index is -3.94. The average molecular weight is 478 g/mol. The van der Waals surface area contributed by atoms with Crippen molar-refractivity contribution in [3.05, 3.63) is 89.0 Å². The predicted molar refractivity (Wildman–Crippen MR) is 126 cm³/mol. The fourth-order valence-corrected chi connectivity index (χ4v) is 4.24. The maximum Gasteiger partial charge on any atom is 0.328 e. The van der Waals surface area contributed by atoms with Crippen LogP contribution in [0.4, 0.5) is 0 Å². The van der Waals surface area contributed by atoms with Gasteiger partial charge < -0.3 is 10.1 Å². The molecule has 0 saturated carbocycles. The molecule has 3 N–H and O–H groups in total. The molecule has 0 spiro atoms. The normalized spacial score (nSPS) is 11.8. The maximum absolute atomic E-state index is 12.8. The topological polar surface area (TPSA) is 139 Å². The summed E-state index contributed by atoms with van der Waals surface area (Å²) in [5.41, 5.74) is 3.26. The van der Waals surface area contributed by atoms with Crippen LogP contribution in [0.1, 0.15) is 27.0 Å². The molecule has 3 rings (SSSR count). The molecule has 3 aromatic rings. The van der Waals surface area contributed by atoms with E-state index in [1.165, 1.54) is 25.3 Å². The smallest absolute Gasteiger partial charge is 0.328 e. The molecule has 9 heteroatoms. The number of sulfonamides is 1. The lowest BCUT2D eigenvalue weighted by molar-refractivity contribution is -0.142. The van der Waals surface area contributed by atoms with Gasteiger partial charge in [-0.3, -0.25) is 4.79 Å². The van der Waals surface area contributed by atoms with Gasteiger partial charge in [0.25, 0.3) is 5.91 Å². The first-order chi connectivity index (χ1) is 16.1. The van der Waals surface area contributed by atoms with Gasteiger partial charge in [0.2, 0.25) is 10.0 Å². The van der Waals surface area contributed by atoms with Gasteiger partial charge in [0.15, 0.2) is 0 Å². The van der Waals surface area contributed by atoms with Crippen molar-refractivity contribution in [3.63, 3.8) is 0 Å². The second kappa shape index (κ2) is 10.3. The number of rotatable bonds is 7. The number of ether oxygens (including phenoxy) is 1. The van der Waals surface area contributed by atoms with E-state index >= 15 is 0 Å². The zero-order valence-corrected chi connectivity index (χ0v) is 19.4. The second-order valence-corrected chi connectivity index (χ2v) is 9.22. The molecule has 1 atom stereocenters. The zero-order chi connectivity index (χ0) is 24.9. The van der Waals surface area contributed by atoms with E-state index in [-0.39, 0.29) is 16.9 Å². The Morgan fingerprint density at radius 1 is 1.09 bits per heavy atom. The summed E-state index contributed by atoms with van der Waals surface area (Å²) in [5.74, 6) is -1.13. The molecule has 0 unspecified atom stereocenters. The van der Waals surface area contributed by atoms with E-state index in [1.807, 2.05) is 13.0 Å². The lowest BCUT2D eigenvalue weighted by atomic mass is 10.0. The Morgan fingerprint density at radius 3 is 2.41 bits per heavy atom. The summed E-state index contributed by atoms with van der Waals surface area (Å²) in [7, 11) is -2.71. The summed E-state index contributed by atoms with van der Waals surface area (Å²) in [5, 5.41) is 17.1. The highest BCUT2D eigenvalue weighted by molar-refractivity contribution is 7.89. The number of nitrogens with zero attached hydrogens (tertiary/aromatic N) is 1. The number of nitriles is 1. The quantitative estimate of drug-likeness (QED) is 0.502. The number of primary sulfonamides is 1. The lowest BCUT2D eigenvalue weighted by Gasteiger charge is -2.17. The lowest BCUT2D eigenvalue weighted by Crippen LogP contribution is -2.43. The summed E-state index contributed by atoms with van der Waals surface area (Å²) in [6.45, 7) is 1.83. The Labute approximate surface area is 198 Å². The van der Waals surface area contributed by atoms with Gasteiger partial charge in [-0.2, -0.15) is 5.26 Å². The van der Waals surface area contributed by atoms with Gasteiger partial charge in [-0.15, -0.1) is 0 Å². The number of methoxy groups -OCH3 is 1. The fraction of sp³-hybridized carbons (Fsp3) is 0.160. The van der Waals surface area contributed by atoms with Crippen LogP contribution in [0.2, 0.25) is 0 Å². The monoisotopic (exact) mass is 477 g/mol. The number of hydrogen-bond donors (Lipinski definition) is 2. The highest BCUT2D eigenvalue weighted by Crippen LogP contribution is 2.28. The number of esters is 1. The van der Waals surface area contributed by atoms with E-state index in [0.717, 1.165) is 5.56 Å². The average Bonchev–Trinajstić information content (AvgIpc) is 2.82. The molecule has 174 valence electrons. The summed E-state index contributed by atoms with van der Waals surface area (Å²) >= 11 is 0. The Hall–Kier alpha value is -4.00. The van der Waals surface area contributed by atoms with Crippen LogP contribution < -0.4 is 10.5 Å². The Bertz CT molecular complexity index is 1380. The van der Waals surface area contributed by atoms with Crippen molar-refractivity contribution in [1.82, 2.24) is 5.32 Å². The predicted octanol–water partition coefficient (Wildman–Crippen LogP) is 2.70. The first kappa shape index (κ1) is 24.6. The summed E-state index contributed by atoms with van der Waals surface area (Å²) in [6.07, 6.45) is 0.146. The van der Waals surface area contributed by atoms with Crippen LogP contribution in [0, 0.1) is 18.3 Å². The van der Waals surface area contributed by atoms with Gasteiger partial charge in [0.1, 0.15) is 6.04 Å². The minimum absolute atomic E-state index is 0.0133. The van der Waals surface area contributed by atoms with Crippen molar-refractivity contribution in [1.29, 1.82) is 5.26 Å². The molecule has 0 aliphatic carbocycles. The van der Waals surface area contributed by atoms with Crippen LogP contribution in [0.3, 0.4) is 0 Å². The summed E-state index contributed by atoms with van der Waals surface area (Å²) < 4.78 is 28.8. The molecule has 34 heavy (non-hydrogen) atoms. The van der Waals surface area contributed by atoms with Gasteiger partial charge in [0, 0.05) is 17.5 Å². The number of benzene rings is 3. The Kier molecular flexibility index (Phi) is 7.46. The number of nitrogens with one attached hydrogen (secondary N) is 1. The van der Waals surface area contributed by atoms with Gasteiger partial charge >= 0.3 is 5.97 Å². The molecule has 0 radical (unpaired) electrons. The third-order valence-electron chi connectivity index (χ3n) is 5.19. The maximum atomic E-state index is 12.8. The van der Waals surface area contributed by atoms with E-state index in [4.69, 9.17) is 15.1 Å². The van der Waals surface area contributed by atoms with E-state index in [1.54, 1.807) is 48.5 Å². The number of nitrogens with two attached hydrogens (primary N) is 1. The fourth-order valence-electron chi connectivity index (χ4n) is 3.50. The molecular formula is C25H23N3O5S. The summed E-state index contributed by atoms with van der Waals surface area (Å²) in [6, 6.07) is 18.9. The van der Waals surface area contributed by atoms with Gasteiger partial charge in [0.05, 0.1) is 23.6 Å². The molecular weight excluding hydrogens is 454 g/mol. The third-order valence-corrected chi connectivity index (χ3v) is 6.16. The van der Waals surface area contributed by atoms with Crippen LogP contribution in [-0.2, 0) is 26.0 Å². The number of carbonyl (C=O) groups excluding carboxylic acids is 2. The van der Waals surface area contributed by atoms with E-state index in [9.17, 15) is 18.0 Å². The molecule has 0 aliphatic heterocycles. The third kappa shape index (κ3) is 5.86. The van der Waals surface area contributed by atoms with Crippen LogP contribution >= 0.6 is 0 Å². The van der Waals surface area contributed by atoms with Gasteiger partial charge in [-0.25, -0.2) is 18.4 Å². The summed E-state index contributed by atoms with van der Waals surface area (Å²) in [4.78, 5) is 25.1. The standard InChI is InChI=1S/C25H23N3O5S/c1-16-6-11-23(34(27,31)32)21(12-16)19-7-9-20(10-8-19)24(29)28-22(25(30)33-2)14-17-4-3-5-18(13-17)15-26/h3-13,22H,14H2,1-2H3,(H,28,29)(H2,27,31,32)/t22-/m0/s1. The van der Waals surface area contributed by atoms with Crippen LogP contribution in [0.15, 0.2) is 71.6 Å². The van der Waals surface area contributed by atoms with E-state index in [0.29, 0.717) is 22.3 Å². The van der Waals surface area contributed by atoms with E-state index < -0.39 is 27.9 Å². The van der Waals surface area contributed by atoms with Gasteiger partial charge in [-0.1, -0.05) is 42.0 Å². The van der Waals surface area contributed by atoms with Crippen molar-refractivity contribution in [2.24, 2.45) is 5.14 Å². The van der Waals surface area contributed by atoms with Crippen LogP contribution in [-0.4, -0.2) is 33.4 Å². The SMILES string of the molecule is COC(=O)[C@H](Cc1cccc(C#N)c1)NC(=O)c1ccc(-c2cc(C)ccc2S(N)(=O)=O)cc1. The highest BCUT2D eigenvalue weighted by Gasteiger charge is 2.23. The first-order valence-corrected chi connectivity index (χ1v) is 11.8. The Balaban J connectivity index is 1.84. The first-order valence-electron chi connectivity index (χ1n) is 10.2. The molecule has 3 aromatic carbocycles. The largest absolute Gasteiger partial charge is 0.467 e. The zero-order valence-electron chi connectivity index (χ0n) is 18.6. The number of amides is 1. The number of carbonyl (C=O) groups is 2. The molecule has 0 aliphatic rings. The highest BCUT2D eigenvalue weighted by atomic mass is 32.2. The van der Waals surface area contributed by atoms with Crippen molar-refractivity contribution in [2.75, 3.05) is 7.11 Å². The second-order valence-electron chi connectivity index (χ2n) is 7.69. The number of hydrogen-bond acceptors (Lipinski definition) is 6. The van der Waals surface area contributed by atoms with Crippen LogP contribution in [0.5, 0.6) is 0 Å². The number of aryl methyl sites for hydroxylation is 1. The van der Waals surface area contributed by atoms with Crippen molar-refractivity contribution < 1.29 is 22.7 Å². The molecule has 0 fully saturated rings. The molecule has 0 aromatic heterocycles. The van der Waals surface area contributed by atoms with Crippen LogP contribution in [0.25, 0.3) is 11.1 Å². The van der Waals surface area contributed by atoms with Gasteiger partial charge in [-0.05, 0) is 48.4 Å². The van der Waals surface area contributed by atoms with Crippen molar-refractivity contribution in [2.45, 2.75) is 24.3 Å². The Morgan fingerprint density at radius 2 is 1.79 bits per heavy atom. The molecule has 8 nitrogen and oxygen atoms in total. The molecule has 0 bridgehead atoms. The molecule has 0 saturated heterocycles. The minimum Gasteiger partial charge on any atom is -0.467 e. The molecule has 0 heterocycles. The molecule has 1 amide bonds. The van der Waals surface area contributed by atoms with E-state index in [2.05, 4.69) is 5.32 Å². The van der Waals surface area contributed by atoms with Crippen molar-refractivity contribution in [3.8, 4) is 17.2 Å². The van der Waals surface area contributed by atoms with Crippen molar-refractivity contribution >= 4 is 21.9 Å².